The van der Waals surface area contributed by atoms with Crippen molar-refractivity contribution < 1.29 is 14.3 Å². The van der Waals surface area contributed by atoms with Crippen molar-refractivity contribution in [3.8, 4) is 0 Å². The number of nitrogens with zero attached hydrogens (tertiary/aromatic N) is 1. The molecule has 1 fully saturated rings. The van der Waals surface area contributed by atoms with E-state index in [1.807, 2.05) is 44.2 Å². The Kier molecular flexibility index (Phi) is 4.70. The lowest BCUT2D eigenvalue weighted by molar-refractivity contribution is 0.0544. The second-order valence-corrected chi connectivity index (χ2v) is 7.38. The molecule has 2 heterocycles. The highest BCUT2D eigenvalue weighted by Crippen LogP contribution is 2.29. The van der Waals surface area contributed by atoms with Gasteiger partial charge < -0.3 is 15.0 Å². The summed E-state index contributed by atoms with van der Waals surface area (Å²) in [6, 6.07) is 11.4. The SMILES string of the molecule is Cc1cccc(C)c1NC(=O)c1cccc2c1C(=O)N(CC1CCCO1)C2. The van der Waals surface area contributed by atoms with Gasteiger partial charge in [0.25, 0.3) is 11.8 Å². The van der Waals surface area contributed by atoms with Gasteiger partial charge >= 0.3 is 0 Å². The lowest BCUT2D eigenvalue weighted by Gasteiger charge is -2.19. The molecule has 1 atom stereocenters. The highest BCUT2D eigenvalue weighted by atomic mass is 16.5. The first-order valence-corrected chi connectivity index (χ1v) is 9.45. The first-order valence-electron chi connectivity index (χ1n) is 9.45. The zero-order chi connectivity index (χ0) is 19.0. The Hall–Kier alpha value is -2.66. The third-order valence-corrected chi connectivity index (χ3v) is 5.43. The molecule has 4 rings (SSSR count). The Morgan fingerprint density at radius 2 is 1.93 bits per heavy atom. The van der Waals surface area contributed by atoms with Crippen molar-refractivity contribution >= 4 is 17.5 Å². The Balaban J connectivity index is 1.58. The monoisotopic (exact) mass is 364 g/mol. The number of anilines is 1. The Labute approximate surface area is 159 Å². The number of rotatable bonds is 4. The fourth-order valence-corrected chi connectivity index (χ4v) is 3.98. The molecule has 5 nitrogen and oxygen atoms in total. The average Bonchev–Trinajstić information content (AvgIpc) is 3.27. The molecule has 2 aliphatic rings. The third kappa shape index (κ3) is 3.35. The third-order valence-electron chi connectivity index (χ3n) is 5.43. The summed E-state index contributed by atoms with van der Waals surface area (Å²) in [6.07, 6.45) is 2.14. The molecule has 0 aliphatic carbocycles. The van der Waals surface area contributed by atoms with Gasteiger partial charge in [0.1, 0.15) is 0 Å². The van der Waals surface area contributed by atoms with Crippen molar-refractivity contribution in [2.24, 2.45) is 0 Å². The van der Waals surface area contributed by atoms with Crippen LogP contribution in [0.3, 0.4) is 0 Å². The molecule has 2 aromatic carbocycles. The number of hydrogen-bond acceptors (Lipinski definition) is 3. The van der Waals surface area contributed by atoms with Crippen LogP contribution in [0.4, 0.5) is 5.69 Å². The van der Waals surface area contributed by atoms with E-state index in [2.05, 4.69) is 5.32 Å². The largest absolute Gasteiger partial charge is 0.376 e. The van der Waals surface area contributed by atoms with Crippen LogP contribution in [0.15, 0.2) is 36.4 Å². The van der Waals surface area contributed by atoms with Crippen molar-refractivity contribution in [2.45, 2.75) is 39.3 Å². The molecule has 0 aromatic heterocycles. The van der Waals surface area contributed by atoms with Crippen molar-refractivity contribution in [2.75, 3.05) is 18.5 Å². The van der Waals surface area contributed by atoms with Crippen LogP contribution >= 0.6 is 0 Å². The maximum atomic E-state index is 13.0. The van der Waals surface area contributed by atoms with E-state index in [-0.39, 0.29) is 17.9 Å². The van der Waals surface area contributed by atoms with Gasteiger partial charge in [0.15, 0.2) is 0 Å². The summed E-state index contributed by atoms with van der Waals surface area (Å²) in [5, 5.41) is 3.00. The first kappa shape index (κ1) is 17.7. The number of hydrogen-bond donors (Lipinski definition) is 1. The van der Waals surface area contributed by atoms with E-state index in [0.717, 1.165) is 41.8 Å². The van der Waals surface area contributed by atoms with Gasteiger partial charge in [-0.25, -0.2) is 0 Å². The van der Waals surface area contributed by atoms with Crippen molar-refractivity contribution in [3.05, 3.63) is 64.2 Å². The van der Waals surface area contributed by atoms with Crippen molar-refractivity contribution in [1.82, 2.24) is 4.90 Å². The van der Waals surface area contributed by atoms with Gasteiger partial charge in [-0.3, -0.25) is 9.59 Å². The van der Waals surface area contributed by atoms with Gasteiger partial charge in [-0.1, -0.05) is 30.3 Å². The highest BCUT2D eigenvalue weighted by molar-refractivity contribution is 6.14. The van der Waals surface area contributed by atoms with Crippen LogP contribution in [0.1, 0.15) is 50.2 Å². The Morgan fingerprint density at radius 1 is 1.19 bits per heavy atom. The lowest BCUT2D eigenvalue weighted by atomic mass is 10.0. The topological polar surface area (TPSA) is 58.6 Å². The predicted octanol–water partition coefficient (Wildman–Crippen LogP) is 3.69. The van der Waals surface area contributed by atoms with Crippen LogP contribution < -0.4 is 5.32 Å². The molecular formula is C22H24N2O3. The predicted molar refractivity (Wildman–Crippen MR) is 104 cm³/mol. The molecule has 140 valence electrons. The lowest BCUT2D eigenvalue weighted by Crippen LogP contribution is -2.32. The fraction of sp³-hybridized carbons (Fsp3) is 0.364. The molecule has 1 unspecified atom stereocenters. The van der Waals surface area contributed by atoms with Crippen LogP contribution in [0.2, 0.25) is 0 Å². The highest BCUT2D eigenvalue weighted by Gasteiger charge is 2.33. The van der Waals surface area contributed by atoms with Crippen molar-refractivity contribution in [3.63, 3.8) is 0 Å². The zero-order valence-corrected chi connectivity index (χ0v) is 15.7. The minimum atomic E-state index is -0.239. The molecule has 2 aromatic rings. The minimum absolute atomic E-state index is 0.0762. The van der Waals surface area contributed by atoms with Crippen LogP contribution in [-0.4, -0.2) is 36.0 Å². The standard InChI is InChI=1S/C22H24N2O3/c1-14-6-3-7-15(2)20(14)23-21(25)18-10-4-8-16-12-24(22(26)19(16)18)13-17-9-5-11-27-17/h3-4,6-8,10,17H,5,9,11-13H2,1-2H3,(H,23,25). The summed E-state index contributed by atoms with van der Waals surface area (Å²) in [6.45, 7) is 5.83. The van der Waals surface area contributed by atoms with E-state index in [0.29, 0.717) is 24.2 Å². The van der Waals surface area contributed by atoms with E-state index in [4.69, 9.17) is 4.74 Å². The summed E-state index contributed by atoms with van der Waals surface area (Å²) >= 11 is 0. The zero-order valence-electron chi connectivity index (χ0n) is 15.7. The van der Waals surface area contributed by atoms with E-state index >= 15 is 0 Å². The quantitative estimate of drug-likeness (QED) is 0.900. The molecular weight excluding hydrogens is 340 g/mol. The van der Waals surface area contributed by atoms with Gasteiger partial charge in [0, 0.05) is 25.4 Å². The Morgan fingerprint density at radius 3 is 2.63 bits per heavy atom. The van der Waals surface area contributed by atoms with E-state index in [1.54, 1.807) is 11.0 Å². The summed E-state index contributed by atoms with van der Waals surface area (Å²) in [5.41, 5.74) is 4.69. The normalized spacial score (nSPS) is 18.7. The summed E-state index contributed by atoms with van der Waals surface area (Å²) < 4.78 is 5.67. The molecule has 1 saturated heterocycles. The second-order valence-electron chi connectivity index (χ2n) is 7.38. The molecule has 2 amide bonds. The molecule has 5 heteroatoms. The minimum Gasteiger partial charge on any atom is -0.376 e. The van der Waals surface area contributed by atoms with Crippen LogP contribution in [0, 0.1) is 13.8 Å². The number of para-hydroxylation sites is 1. The number of nitrogens with one attached hydrogen (secondary N) is 1. The maximum absolute atomic E-state index is 13.0. The number of carbonyl (C=O) groups is 2. The Bertz CT molecular complexity index is 880. The van der Waals surface area contributed by atoms with Crippen molar-refractivity contribution in [1.29, 1.82) is 0 Å². The van der Waals surface area contributed by atoms with Gasteiger partial charge in [0.05, 0.1) is 17.2 Å². The van der Waals surface area contributed by atoms with Gasteiger partial charge in [-0.15, -0.1) is 0 Å². The summed E-state index contributed by atoms with van der Waals surface area (Å²) in [4.78, 5) is 27.8. The second kappa shape index (κ2) is 7.16. The maximum Gasteiger partial charge on any atom is 0.256 e. The number of amides is 2. The molecule has 27 heavy (non-hydrogen) atoms. The first-order chi connectivity index (χ1) is 13.0. The fourth-order valence-electron chi connectivity index (χ4n) is 3.98. The number of fused-ring (bicyclic) bond motifs is 1. The van der Waals surface area contributed by atoms with E-state index in [1.165, 1.54) is 0 Å². The molecule has 0 bridgehead atoms. The van der Waals surface area contributed by atoms with E-state index < -0.39 is 0 Å². The van der Waals surface area contributed by atoms with Gasteiger partial charge in [-0.2, -0.15) is 0 Å². The molecule has 0 spiro atoms. The number of carbonyl (C=O) groups excluding carboxylic acids is 2. The van der Waals surface area contributed by atoms with Crippen LogP contribution in [0.25, 0.3) is 0 Å². The molecule has 2 aliphatic heterocycles. The van der Waals surface area contributed by atoms with Gasteiger partial charge in [0.2, 0.25) is 0 Å². The summed E-state index contributed by atoms with van der Waals surface area (Å²) in [5.74, 6) is -0.315. The summed E-state index contributed by atoms with van der Waals surface area (Å²) in [7, 11) is 0. The molecule has 1 N–H and O–H groups in total. The number of ether oxygens (including phenoxy) is 1. The van der Waals surface area contributed by atoms with Crippen LogP contribution in [0.5, 0.6) is 0 Å². The van der Waals surface area contributed by atoms with Gasteiger partial charge in [-0.05, 0) is 49.4 Å². The number of aryl methyl sites for hydroxylation is 2. The molecule has 0 radical (unpaired) electrons. The number of benzene rings is 2. The molecule has 0 saturated carbocycles. The average molecular weight is 364 g/mol. The van der Waals surface area contributed by atoms with Crippen LogP contribution in [-0.2, 0) is 11.3 Å². The van der Waals surface area contributed by atoms with E-state index in [9.17, 15) is 9.59 Å². The smallest absolute Gasteiger partial charge is 0.256 e.